The number of aryl methyl sites for hydroxylation is 2. The van der Waals surface area contributed by atoms with Crippen LogP contribution in [0.1, 0.15) is 22.3 Å². The Balaban J connectivity index is 1.79. The van der Waals surface area contributed by atoms with Crippen molar-refractivity contribution in [2.24, 2.45) is 0 Å². The van der Waals surface area contributed by atoms with Crippen LogP contribution >= 0.6 is 0 Å². The van der Waals surface area contributed by atoms with Crippen molar-refractivity contribution in [2.45, 2.75) is 19.9 Å². The summed E-state index contributed by atoms with van der Waals surface area (Å²) in [6, 6.07) is 6.22. The van der Waals surface area contributed by atoms with Crippen LogP contribution in [-0.2, 0) is 6.54 Å². The molecule has 5 heteroatoms. The second kappa shape index (κ2) is 6.13. The zero-order valence-electron chi connectivity index (χ0n) is 10.8. The van der Waals surface area contributed by atoms with E-state index in [1.165, 1.54) is 12.1 Å². The van der Waals surface area contributed by atoms with Crippen molar-refractivity contribution in [3.05, 3.63) is 53.6 Å². The Morgan fingerprint density at radius 3 is 3.00 bits per heavy atom. The van der Waals surface area contributed by atoms with E-state index in [-0.39, 0.29) is 11.7 Å². The molecule has 1 heterocycles. The zero-order chi connectivity index (χ0) is 13.7. The Bertz CT molecular complexity index is 552. The molecule has 0 aliphatic carbocycles. The lowest BCUT2D eigenvalue weighted by Gasteiger charge is -2.06. The van der Waals surface area contributed by atoms with E-state index in [1.54, 1.807) is 19.2 Å². The number of carbonyl (C=O) groups is 1. The van der Waals surface area contributed by atoms with Gasteiger partial charge in [-0.1, -0.05) is 0 Å². The summed E-state index contributed by atoms with van der Waals surface area (Å²) in [4.78, 5) is 11.8. The zero-order valence-corrected chi connectivity index (χ0v) is 10.8. The molecule has 2 aromatic rings. The molecule has 0 radical (unpaired) electrons. The van der Waals surface area contributed by atoms with Crippen LogP contribution in [0.25, 0.3) is 0 Å². The third-order valence-corrected chi connectivity index (χ3v) is 2.83. The summed E-state index contributed by atoms with van der Waals surface area (Å²) in [6.45, 7) is 2.97. The van der Waals surface area contributed by atoms with Gasteiger partial charge < -0.3 is 5.32 Å². The molecule has 1 aromatic heterocycles. The highest BCUT2D eigenvalue weighted by Gasteiger charge is 2.06. The van der Waals surface area contributed by atoms with Crippen molar-refractivity contribution in [1.29, 1.82) is 0 Å². The first-order chi connectivity index (χ1) is 9.16. The highest BCUT2D eigenvalue weighted by molar-refractivity contribution is 5.94. The molecule has 0 unspecified atom stereocenters. The van der Waals surface area contributed by atoms with Crippen LogP contribution in [0.4, 0.5) is 4.39 Å². The average Bonchev–Trinajstić information content (AvgIpc) is 2.91. The van der Waals surface area contributed by atoms with Crippen molar-refractivity contribution >= 4 is 5.91 Å². The van der Waals surface area contributed by atoms with Gasteiger partial charge in [-0.3, -0.25) is 9.48 Å². The Morgan fingerprint density at radius 2 is 2.32 bits per heavy atom. The highest BCUT2D eigenvalue weighted by Crippen LogP contribution is 2.08. The molecule has 1 amide bonds. The van der Waals surface area contributed by atoms with E-state index in [2.05, 4.69) is 10.4 Å². The van der Waals surface area contributed by atoms with E-state index >= 15 is 0 Å². The number of rotatable bonds is 5. The summed E-state index contributed by atoms with van der Waals surface area (Å²) in [5.74, 6) is -0.473. The van der Waals surface area contributed by atoms with Gasteiger partial charge in [0.2, 0.25) is 0 Å². The van der Waals surface area contributed by atoms with Crippen molar-refractivity contribution in [3.63, 3.8) is 0 Å². The topological polar surface area (TPSA) is 46.9 Å². The van der Waals surface area contributed by atoms with Crippen molar-refractivity contribution < 1.29 is 9.18 Å². The fourth-order valence-electron chi connectivity index (χ4n) is 1.76. The molecule has 0 saturated heterocycles. The number of aromatic nitrogens is 2. The van der Waals surface area contributed by atoms with Crippen LogP contribution in [0, 0.1) is 12.7 Å². The standard InChI is InChI=1S/C14H16FN3O/c1-11-10-12(4-5-13(11)15)14(19)16-6-2-8-18-9-3-7-17-18/h3-5,7,9-10H,2,6,8H2,1H3,(H,16,19). The molecule has 19 heavy (non-hydrogen) atoms. The largest absolute Gasteiger partial charge is 0.352 e. The molecule has 0 saturated carbocycles. The lowest BCUT2D eigenvalue weighted by Crippen LogP contribution is -2.25. The molecule has 1 aromatic carbocycles. The maximum absolute atomic E-state index is 13.1. The van der Waals surface area contributed by atoms with E-state index in [9.17, 15) is 9.18 Å². The van der Waals surface area contributed by atoms with Crippen LogP contribution in [0.2, 0.25) is 0 Å². The third kappa shape index (κ3) is 3.64. The number of carbonyl (C=O) groups excluding carboxylic acids is 1. The Labute approximate surface area is 111 Å². The lowest BCUT2D eigenvalue weighted by molar-refractivity contribution is 0.0952. The minimum Gasteiger partial charge on any atom is -0.352 e. The van der Waals surface area contributed by atoms with Crippen molar-refractivity contribution in [1.82, 2.24) is 15.1 Å². The second-order valence-electron chi connectivity index (χ2n) is 4.34. The monoisotopic (exact) mass is 261 g/mol. The minimum absolute atomic E-state index is 0.177. The third-order valence-electron chi connectivity index (χ3n) is 2.83. The second-order valence-corrected chi connectivity index (χ2v) is 4.34. The predicted octanol–water partition coefficient (Wildman–Crippen LogP) is 2.15. The molecule has 0 aliphatic heterocycles. The van der Waals surface area contributed by atoms with Crippen LogP contribution < -0.4 is 5.32 Å². The van der Waals surface area contributed by atoms with Gasteiger partial charge in [-0.25, -0.2) is 4.39 Å². The Morgan fingerprint density at radius 1 is 1.47 bits per heavy atom. The smallest absolute Gasteiger partial charge is 0.251 e. The summed E-state index contributed by atoms with van der Waals surface area (Å²) in [5, 5.41) is 6.88. The van der Waals surface area contributed by atoms with Crippen LogP contribution in [-0.4, -0.2) is 22.2 Å². The predicted molar refractivity (Wildman–Crippen MR) is 70.3 cm³/mol. The number of amides is 1. The average molecular weight is 261 g/mol. The Kier molecular flexibility index (Phi) is 4.28. The molecular formula is C14H16FN3O. The summed E-state index contributed by atoms with van der Waals surface area (Å²) in [6.07, 6.45) is 4.40. The van der Waals surface area contributed by atoms with E-state index in [1.807, 2.05) is 16.9 Å². The number of nitrogens with one attached hydrogen (secondary N) is 1. The van der Waals surface area contributed by atoms with Gasteiger partial charge in [0, 0.05) is 31.0 Å². The molecule has 0 aliphatic rings. The summed E-state index contributed by atoms with van der Waals surface area (Å²) < 4.78 is 14.9. The summed E-state index contributed by atoms with van der Waals surface area (Å²) in [5.41, 5.74) is 0.960. The normalized spacial score (nSPS) is 10.4. The maximum Gasteiger partial charge on any atom is 0.251 e. The van der Waals surface area contributed by atoms with Gasteiger partial charge in [0.1, 0.15) is 5.82 Å². The first kappa shape index (κ1) is 13.3. The molecular weight excluding hydrogens is 245 g/mol. The van der Waals surface area contributed by atoms with Crippen LogP contribution in [0.15, 0.2) is 36.7 Å². The van der Waals surface area contributed by atoms with Gasteiger partial charge in [-0.15, -0.1) is 0 Å². The summed E-state index contributed by atoms with van der Waals surface area (Å²) >= 11 is 0. The fourth-order valence-corrected chi connectivity index (χ4v) is 1.76. The number of hydrogen-bond acceptors (Lipinski definition) is 2. The molecule has 0 bridgehead atoms. The summed E-state index contributed by atoms with van der Waals surface area (Å²) in [7, 11) is 0. The van der Waals surface area contributed by atoms with Gasteiger partial charge in [0.25, 0.3) is 5.91 Å². The number of nitrogens with zero attached hydrogens (tertiary/aromatic N) is 2. The highest BCUT2D eigenvalue weighted by atomic mass is 19.1. The molecule has 1 N–H and O–H groups in total. The number of halogens is 1. The van der Waals surface area contributed by atoms with Gasteiger partial charge in [0.15, 0.2) is 0 Å². The maximum atomic E-state index is 13.1. The van der Waals surface area contributed by atoms with E-state index < -0.39 is 0 Å². The number of benzene rings is 1. The van der Waals surface area contributed by atoms with Crippen LogP contribution in [0.3, 0.4) is 0 Å². The molecule has 100 valence electrons. The molecule has 0 fully saturated rings. The minimum atomic E-state index is -0.296. The Hall–Kier alpha value is -2.17. The first-order valence-electron chi connectivity index (χ1n) is 6.18. The van der Waals surface area contributed by atoms with Crippen molar-refractivity contribution in [3.8, 4) is 0 Å². The van der Waals surface area contributed by atoms with Crippen LogP contribution in [0.5, 0.6) is 0 Å². The fraction of sp³-hybridized carbons (Fsp3) is 0.286. The molecule has 0 atom stereocenters. The molecule has 2 rings (SSSR count). The molecule has 0 spiro atoms. The van der Waals surface area contributed by atoms with Gasteiger partial charge in [-0.05, 0) is 43.2 Å². The van der Waals surface area contributed by atoms with Gasteiger partial charge in [0.05, 0.1) is 0 Å². The van der Waals surface area contributed by atoms with Gasteiger partial charge in [-0.2, -0.15) is 5.10 Å². The lowest BCUT2D eigenvalue weighted by atomic mass is 10.1. The quantitative estimate of drug-likeness (QED) is 0.838. The van der Waals surface area contributed by atoms with Gasteiger partial charge >= 0.3 is 0 Å². The van der Waals surface area contributed by atoms with E-state index in [0.29, 0.717) is 17.7 Å². The number of hydrogen-bond donors (Lipinski definition) is 1. The van der Waals surface area contributed by atoms with E-state index in [0.717, 1.165) is 13.0 Å². The molecule has 4 nitrogen and oxygen atoms in total. The van der Waals surface area contributed by atoms with E-state index in [4.69, 9.17) is 0 Å². The first-order valence-corrected chi connectivity index (χ1v) is 6.18. The van der Waals surface area contributed by atoms with Crippen molar-refractivity contribution in [2.75, 3.05) is 6.54 Å². The SMILES string of the molecule is Cc1cc(C(=O)NCCCn2cccn2)ccc1F.